The molecule has 0 spiro atoms. The molecule has 7 N–H and O–H groups in total. The number of hydrogen-bond donors (Lipinski definition) is 6. The van der Waals surface area contributed by atoms with Gasteiger partial charge in [-0.05, 0) is 13.0 Å². The summed E-state index contributed by atoms with van der Waals surface area (Å²) in [4.78, 5) is 20.9. The smallest absolute Gasteiger partial charge is 0.332 e. The van der Waals surface area contributed by atoms with Crippen LogP contribution < -0.4 is 11.1 Å². The molecule has 0 aromatic rings. The number of aliphatic hydroxyl groups is 2. The highest BCUT2D eigenvalue weighted by atomic mass is 16.4. The van der Waals surface area contributed by atoms with E-state index in [2.05, 4.69) is 5.32 Å². The summed E-state index contributed by atoms with van der Waals surface area (Å²) in [7, 11) is 0. The lowest BCUT2D eigenvalue weighted by Crippen LogP contribution is -2.49. The fraction of sp³-hybridized carbons (Fsp3) is 0.750. The number of carboxylic acids is 2. The van der Waals surface area contributed by atoms with E-state index in [1.54, 1.807) is 0 Å². The first-order valence-electron chi connectivity index (χ1n) is 4.65. The summed E-state index contributed by atoms with van der Waals surface area (Å²) in [6, 6.07) is -1.27. The summed E-state index contributed by atoms with van der Waals surface area (Å²) in [5, 5.41) is 37.6. The minimum absolute atomic E-state index is 0.0541. The Morgan fingerprint density at radius 3 is 2.12 bits per heavy atom. The predicted octanol–water partition coefficient (Wildman–Crippen LogP) is -2.82. The molecule has 0 rings (SSSR count). The van der Waals surface area contributed by atoms with E-state index in [0.717, 1.165) is 0 Å². The van der Waals surface area contributed by atoms with Crippen molar-refractivity contribution in [1.82, 2.24) is 5.32 Å². The molecule has 0 aromatic heterocycles. The van der Waals surface area contributed by atoms with E-state index < -0.39 is 30.2 Å². The third-order valence-electron chi connectivity index (χ3n) is 1.96. The van der Waals surface area contributed by atoms with Crippen LogP contribution in [0.4, 0.5) is 0 Å². The van der Waals surface area contributed by atoms with Gasteiger partial charge in [-0.2, -0.15) is 0 Å². The molecule has 0 saturated heterocycles. The molecule has 0 saturated carbocycles. The van der Waals surface area contributed by atoms with E-state index in [-0.39, 0.29) is 19.5 Å². The highest BCUT2D eigenvalue weighted by molar-refractivity contribution is 5.74. The third-order valence-corrected chi connectivity index (χ3v) is 1.96. The Balaban J connectivity index is 4.04. The van der Waals surface area contributed by atoms with Gasteiger partial charge in [-0.25, -0.2) is 4.79 Å². The van der Waals surface area contributed by atoms with Crippen LogP contribution in [-0.2, 0) is 9.59 Å². The van der Waals surface area contributed by atoms with Crippen LogP contribution in [0, 0.1) is 0 Å². The Kier molecular flexibility index (Phi) is 6.58. The van der Waals surface area contributed by atoms with Crippen molar-refractivity contribution in [3.05, 3.63) is 0 Å². The molecule has 16 heavy (non-hydrogen) atoms. The van der Waals surface area contributed by atoms with Gasteiger partial charge >= 0.3 is 11.9 Å². The van der Waals surface area contributed by atoms with Crippen molar-refractivity contribution < 1.29 is 30.0 Å². The van der Waals surface area contributed by atoms with Crippen LogP contribution in [-0.4, -0.2) is 63.7 Å². The maximum Gasteiger partial charge on any atom is 0.332 e. The summed E-state index contributed by atoms with van der Waals surface area (Å²) in [6.07, 6.45) is -2.98. The second-order valence-electron chi connectivity index (χ2n) is 3.22. The maximum atomic E-state index is 10.7. The van der Waals surface area contributed by atoms with Crippen LogP contribution in [0.5, 0.6) is 0 Å². The minimum Gasteiger partial charge on any atom is -0.480 e. The molecule has 3 unspecified atom stereocenters. The molecule has 8 heteroatoms. The van der Waals surface area contributed by atoms with E-state index >= 15 is 0 Å². The van der Waals surface area contributed by atoms with Crippen LogP contribution in [0.3, 0.4) is 0 Å². The largest absolute Gasteiger partial charge is 0.480 e. The lowest BCUT2D eigenvalue weighted by atomic mass is 10.1. The van der Waals surface area contributed by atoms with Crippen LogP contribution in [0.15, 0.2) is 0 Å². The second kappa shape index (κ2) is 7.12. The topological polar surface area (TPSA) is 153 Å². The molecule has 94 valence electrons. The zero-order chi connectivity index (χ0) is 12.7. The summed E-state index contributed by atoms with van der Waals surface area (Å²) < 4.78 is 0. The predicted molar refractivity (Wildman–Crippen MR) is 52.7 cm³/mol. The SMILES string of the molecule is NCC(O)C(NCCC(O)C(=O)O)C(=O)O. The molecule has 0 aliphatic rings. The van der Waals surface area contributed by atoms with Crippen molar-refractivity contribution in [3.8, 4) is 0 Å². The first-order chi connectivity index (χ1) is 7.40. The van der Waals surface area contributed by atoms with E-state index in [9.17, 15) is 14.7 Å². The number of aliphatic carboxylic acids is 2. The van der Waals surface area contributed by atoms with Gasteiger partial charge in [0, 0.05) is 6.54 Å². The highest BCUT2D eigenvalue weighted by Crippen LogP contribution is 1.95. The molecule has 3 atom stereocenters. The van der Waals surface area contributed by atoms with Gasteiger partial charge in [0.25, 0.3) is 0 Å². The Morgan fingerprint density at radius 1 is 1.19 bits per heavy atom. The lowest BCUT2D eigenvalue weighted by molar-refractivity contribution is -0.146. The van der Waals surface area contributed by atoms with Gasteiger partial charge in [0.15, 0.2) is 6.10 Å². The van der Waals surface area contributed by atoms with Gasteiger partial charge in [0.2, 0.25) is 0 Å². The second-order valence-corrected chi connectivity index (χ2v) is 3.22. The van der Waals surface area contributed by atoms with E-state index in [1.165, 1.54) is 0 Å². The summed E-state index contributed by atoms with van der Waals surface area (Å²) >= 11 is 0. The number of rotatable bonds is 8. The van der Waals surface area contributed by atoms with Crippen molar-refractivity contribution in [3.63, 3.8) is 0 Å². The van der Waals surface area contributed by atoms with Gasteiger partial charge in [0.1, 0.15) is 6.04 Å². The van der Waals surface area contributed by atoms with Crippen molar-refractivity contribution in [2.45, 2.75) is 24.7 Å². The molecule has 0 aliphatic heterocycles. The fourth-order valence-corrected chi connectivity index (χ4v) is 1.02. The lowest BCUT2D eigenvalue weighted by Gasteiger charge is -2.19. The van der Waals surface area contributed by atoms with Gasteiger partial charge in [-0.15, -0.1) is 0 Å². The zero-order valence-electron chi connectivity index (χ0n) is 8.54. The number of aliphatic hydroxyl groups excluding tert-OH is 2. The summed E-state index contributed by atoms with van der Waals surface area (Å²) in [6.45, 7) is -0.285. The standard InChI is InChI=1S/C8H16N2O6/c9-3-5(12)6(8(15)16)10-2-1-4(11)7(13)14/h4-6,10-12H,1-3,9H2,(H,13,14)(H,15,16). The molecule has 0 aliphatic carbocycles. The third kappa shape index (κ3) is 5.03. The van der Waals surface area contributed by atoms with Crippen LogP contribution in [0.25, 0.3) is 0 Å². The summed E-state index contributed by atoms with van der Waals surface area (Å²) in [5.74, 6) is -2.67. The Labute approximate surface area is 91.7 Å². The monoisotopic (exact) mass is 236 g/mol. The van der Waals surface area contributed by atoms with Gasteiger partial charge in [-0.1, -0.05) is 0 Å². The Bertz CT molecular complexity index is 247. The van der Waals surface area contributed by atoms with E-state index in [0.29, 0.717) is 0 Å². The zero-order valence-corrected chi connectivity index (χ0v) is 8.54. The first-order valence-corrected chi connectivity index (χ1v) is 4.65. The highest BCUT2D eigenvalue weighted by Gasteiger charge is 2.25. The average Bonchev–Trinajstić information content (AvgIpc) is 2.22. The van der Waals surface area contributed by atoms with Crippen molar-refractivity contribution >= 4 is 11.9 Å². The Morgan fingerprint density at radius 2 is 1.75 bits per heavy atom. The molecular weight excluding hydrogens is 220 g/mol. The molecule has 0 bridgehead atoms. The summed E-state index contributed by atoms with van der Waals surface area (Å²) in [5.41, 5.74) is 5.09. The molecule has 0 radical (unpaired) electrons. The van der Waals surface area contributed by atoms with E-state index in [4.69, 9.17) is 21.1 Å². The minimum atomic E-state index is -1.56. The quantitative estimate of drug-likeness (QED) is 0.264. The van der Waals surface area contributed by atoms with Crippen molar-refractivity contribution in [2.24, 2.45) is 5.73 Å². The molecule has 8 nitrogen and oxygen atoms in total. The van der Waals surface area contributed by atoms with Crippen LogP contribution in [0.1, 0.15) is 6.42 Å². The van der Waals surface area contributed by atoms with Gasteiger partial charge < -0.3 is 31.5 Å². The molecule has 0 fully saturated rings. The molecule has 0 heterocycles. The maximum absolute atomic E-state index is 10.7. The van der Waals surface area contributed by atoms with Crippen molar-refractivity contribution in [1.29, 1.82) is 0 Å². The number of nitrogens with one attached hydrogen (secondary N) is 1. The van der Waals surface area contributed by atoms with Crippen LogP contribution in [0.2, 0.25) is 0 Å². The molecule has 0 amide bonds. The van der Waals surface area contributed by atoms with E-state index in [1.807, 2.05) is 0 Å². The Hall–Kier alpha value is -1.22. The number of nitrogens with two attached hydrogens (primary N) is 1. The normalized spacial score (nSPS) is 16.4. The molecular formula is C8H16N2O6. The average molecular weight is 236 g/mol. The number of hydrogen-bond acceptors (Lipinski definition) is 6. The van der Waals surface area contributed by atoms with Gasteiger partial charge in [0.05, 0.1) is 6.10 Å². The number of carbonyl (C=O) groups is 2. The van der Waals surface area contributed by atoms with Crippen molar-refractivity contribution in [2.75, 3.05) is 13.1 Å². The molecule has 0 aromatic carbocycles. The fourth-order valence-electron chi connectivity index (χ4n) is 1.02. The number of carboxylic acid groups (broad SMARTS) is 2. The van der Waals surface area contributed by atoms with Crippen LogP contribution >= 0.6 is 0 Å². The first kappa shape index (κ1) is 14.8. The van der Waals surface area contributed by atoms with Gasteiger partial charge in [-0.3, -0.25) is 4.79 Å².